The van der Waals surface area contributed by atoms with Crippen LogP contribution in [0.25, 0.3) is 0 Å². The summed E-state index contributed by atoms with van der Waals surface area (Å²) in [5.74, 6) is 5.31. The Morgan fingerprint density at radius 3 is 1.85 bits per heavy atom. The predicted molar refractivity (Wildman–Crippen MR) is 41.8 cm³/mol. The highest BCUT2D eigenvalue weighted by Gasteiger charge is 3.04. The number of halogens is 1. The van der Waals surface area contributed by atoms with Gasteiger partial charge >= 0.3 is 10.2 Å². The number of rotatable bonds is 2. The first-order chi connectivity index (χ1) is 6.07. The van der Waals surface area contributed by atoms with Gasteiger partial charge in [0.15, 0.2) is 0 Å². The summed E-state index contributed by atoms with van der Waals surface area (Å²) in [6.07, 6.45) is 0. The molecule has 0 aromatic carbocycles. The van der Waals surface area contributed by atoms with Crippen LogP contribution in [0.5, 0.6) is 0 Å². The molecule has 0 radical (unpaired) electrons. The van der Waals surface area contributed by atoms with E-state index >= 15 is 0 Å². The Balaban J connectivity index is 1.60. The van der Waals surface area contributed by atoms with Crippen LogP contribution in [0, 0.1) is 46.8 Å². The molecule has 0 atom stereocenters. The summed E-state index contributed by atoms with van der Waals surface area (Å²) in [6.45, 7) is 0. The van der Waals surface area contributed by atoms with E-state index in [4.69, 9.17) is 0 Å². The van der Waals surface area contributed by atoms with E-state index in [1.807, 2.05) is 0 Å². The lowest BCUT2D eigenvalue weighted by Gasteiger charge is -3.07. The van der Waals surface area contributed by atoms with Gasteiger partial charge in [-0.2, -0.15) is 8.42 Å². The van der Waals surface area contributed by atoms with Crippen molar-refractivity contribution in [3.8, 4) is 0 Å². The Labute approximate surface area is 75.7 Å². The first-order valence-corrected chi connectivity index (χ1v) is 6.55. The molecule has 6 aliphatic rings. The lowest BCUT2D eigenvalue weighted by atomic mass is 8.97. The van der Waals surface area contributed by atoms with Gasteiger partial charge in [0.05, 0.1) is 5.75 Å². The summed E-state index contributed by atoms with van der Waals surface area (Å²) in [5, 5.41) is 0. The summed E-state index contributed by atoms with van der Waals surface area (Å²) >= 11 is 0. The van der Waals surface area contributed by atoms with Crippen molar-refractivity contribution in [2.24, 2.45) is 46.8 Å². The van der Waals surface area contributed by atoms with E-state index in [0.29, 0.717) is 17.8 Å². The van der Waals surface area contributed by atoms with E-state index in [1.165, 1.54) is 0 Å². The van der Waals surface area contributed by atoms with E-state index in [1.54, 1.807) is 0 Å². The third-order valence-electron chi connectivity index (χ3n) is 6.11. The monoisotopic (exact) mass is 200 g/mol. The normalized spacial score (nSPS) is 78.1. The molecule has 2 nitrogen and oxygen atoms in total. The molecule has 0 aliphatic heterocycles. The van der Waals surface area contributed by atoms with Gasteiger partial charge in [-0.3, -0.25) is 0 Å². The van der Waals surface area contributed by atoms with E-state index in [-0.39, 0.29) is 11.2 Å². The fourth-order valence-corrected chi connectivity index (χ4v) is 7.43. The molecule has 70 valence electrons. The smallest absolute Gasteiger partial charge is 0.195 e. The van der Waals surface area contributed by atoms with Crippen molar-refractivity contribution in [3.05, 3.63) is 0 Å². The molecule has 0 heterocycles. The maximum atomic E-state index is 12.6. The largest absolute Gasteiger partial charge is 0.302 e. The maximum Gasteiger partial charge on any atom is 0.302 e. The highest BCUT2D eigenvalue weighted by atomic mass is 32.3. The molecule has 0 amide bonds. The Morgan fingerprint density at radius 1 is 1.00 bits per heavy atom. The predicted octanol–water partition coefficient (Wildman–Crippen LogP) is 0.654. The molecule has 0 spiro atoms. The summed E-state index contributed by atoms with van der Waals surface area (Å²) in [4.78, 5) is 0. The summed E-state index contributed by atoms with van der Waals surface area (Å²) in [6, 6.07) is 0. The van der Waals surface area contributed by atoms with Gasteiger partial charge in [0, 0.05) is 0 Å². The van der Waals surface area contributed by atoms with Crippen molar-refractivity contribution >= 4 is 10.2 Å². The molecule has 6 saturated carbocycles. The van der Waals surface area contributed by atoms with Crippen molar-refractivity contribution < 1.29 is 12.3 Å². The van der Waals surface area contributed by atoms with E-state index in [2.05, 4.69) is 0 Å². The highest BCUT2D eigenvalue weighted by Crippen LogP contribution is 3.05. The number of hydrogen-bond acceptors (Lipinski definition) is 2. The standard InChI is InChI=1S/C9H9FO2S/c10-13(11,12)1-9-6-3-2-4(6)8(9)5(2)7(3)9/h2-8H,1H2. The first kappa shape index (κ1) is 6.38. The molecule has 0 N–H and O–H groups in total. The first-order valence-electron chi connectivity index (χ1n) is 5.00. The fourth-order valence-electron chi connectivity index (χ4n) is 6.26. The van der Waals surface area contributed by atoms with Crippen LogP contribution in [0.15, 0.2) is 0 Å². The van der Waals surface area contributed by atoms with Crippen LogP contribution < -0.4 is 0 Å². The van der Waals surface area contributed by atoms with E-state index in [9.17, 15) is 12.3 Å². The second-order valence-corrected chi connectivity index (χ2v) is 7.05. The van der Waals surface area contributed by atoms with Crippen LogP contribution in [0.1, 0.15) is 0 Å². The van der Waals surface area contributed by atoms with Gasteiger partial charge in [-0.15, -0.1) is 3.89 Å². The molecule has 0 aromatic rings. The third-order valence-corrected chi connectivity index (χ3v) is 6.95. The average molecular weight is 200 g/mol. The van der Waals surface area contributed by atoms with Crippen molar-refractivity contribution in [2.75, 3.05) is 5.75 Å². The van der Waals surface area contributed by atoms with Crippen LogP contribution in [0.4, 0.5) is 3.89 Å². The van der Waals surface area contributed by atoms with Gasteiger partial charge in [-0.25, -0.2) is 0 Å². The fraction of sp³-hybridized carbons (Fsp3) is 1.00. The zero-order valence-electron chi connectivity index (χ0n) is 6.85. The van der Waals surface area contributed by atoms with Gasteiger partial charge in [0.2, 0.25) is 0 Å². The van der Waals surface area contributed by atoms with Crippen molar-refractivity contribution in [3.63, 3.8) is 0 Å². The van der Waals surface area contributed by atoms with Gasteiger partial charge in [0.25, 0.3) is 0 Å². The summed E-state index contributed by atoms with van der Waals surface area (Å²) < 4.78 is 33.9. The van der Waals surface area contributed by atoms with E-state index < -0.39 is 10.2 Å². The molecule has 0 aromatic heterocycles. The molecule has 0 saturated heterocycles. The van der Waals surface area contributed by atoms with Crippen molar-refractivity contribution in [2.45, 2.75) is 0 Å². The zero-order valence-corrected chi connectivity index (χ0v) is 7.67. The van der Waals surface area contributed by atoms with Crippen LogP contribution in [0.2, 0.25) is 0 Å². The van der Waals surface area contributed by atoms with Crippen LogP contribution in [-0.4, -0.2) is 14.2 Å². The zero-order chi connectivity index (χ0) is 8.75. The highest BCUT2D eigenvalue weighted by molar-refractivity contribution is 7.86. The lowest BCUT2D eigenvalue weighted by molar-refractivity contribution is -0.608. The average Bonchev–Trinajstić information content (AvgIpc) is 2.02. The van der Waals surface area contributed by atoms with Crippen LogP contribution in [0.3, 0.4) is 0 Å². The quantitative estimate of drug-likeness (QED) is 0.613. The molecule has 6 rings (SSSR count). The minimum absolute atomic E-state index is 0.0116. The Kier molecular flexibility index (Phi) is 0.601. The Hall–Kier alpha value is -0.120. The molecule has 0 unspecified atom stereocenters. The van der Waals surface area contributed by atoms with Crippen LogP contribution >= 0.6 is 0 Å². The van der Waals surface area contributed by atoms with Crippen molar-refractivity contribution in [1.82, 2.24) is 0 Å². The van der Waals surface area contributed by atoms with Gasteiger partial charge in [-0.1, -0.05) is 0 Å². The lowest BCUT2D eigenvalue weighted by Crippen LogP contribution is -3.06. The minimum atomic E-state index is -4.22. The van der Waals surface area contributed by atoms with Gasteiger partial charge in [0.1, 0.15) is 0 Å². The number of hydrogen-bond donors (Lipinski definition) is 0. The minimum Gasteiger partial charge on any atom is -0.195 e. The molecule has 0 bridgehead atoms. The third kappa shape index (κ3) is 0.323. The summed E-state index contributed by atoms with van der Waals surface area (Å²) in [5.41, 5.74) is -0.0116. The van der Waals surface area contributed by atoms with Crippen LogP contribution in [-0.2, 0) is 10.2 Å². The molecule has 6 fully saturated rings. The Bertz CT molecular complexity index is 403. The molecule has 13 heavy (non-hydrogen) atoms. The maximum absolute atomic E-state index is 12.6. The van der Waals surface area contributed by atoms with Gasteiger partial charge < -0.3 is 0 Å². The molecule has 4 heteroatoms. The second-order valence-electron chi connectivity index (χ2n) is 5.68. The molecular formula is C9H9FO2S. The summed E-state index contributed by atoms with van der Waals surface area (Å²) in [7, 11) is -4.22. The topological polar surface area (TPSA) is 34.1 Å². The second kappa shape index (κ2) is 1.23. The van der Waals surface area contributed by atoms with Crippen molar-refractivity contribution in [1.29, 1.82) is 0 Å². The Morgan fingerprint density at radius 2 is 1.46 bits per heavy atom. The SMILES string of the molecule is O=S(=O)(F)CC12C3C4C5C3C1C5C42. The van der Waals surface area contributed by atoms with E-state index in [0.717, 1.165) is 23.7 Å². The van der Waals surface area contributed by atoms with Gasteiger partial charge in [-0.05, 0) is 46.8 Å². The molecule has 6 aliphatic carbocycles. The molecular weight excluding hydrogens is 191 g/mol.